The summed E-state index contributed by atoms with van der Waals surface area (Å²) < 4.78 is 5.20. The highest BCUT2D eigenvalue weighted by atomic mass is 35.5. The summed E-state index contributed by atoms with van der Waals surface area (Å²) in [4.78, 5) is 19.9. The van der Waals surface area contributed by atoms with Gasteiger partial charge in [0.25, 0.3) is 0 Å². The van der Waals surface area contributed by atoms with E-state index in [1.165, 1.54) is 0 Å². The van der Waals surface area contributed by atoms with Crippen molar-refractivity contribution in [2.75, 3.05) is 6.61 Å². The van der Waals surface area contributed by atoms with Gasteiger partial charge in [-0.25, -0.2) is 4.98 Å². The monoisotopic (exact) mass is 278 g/mol. The fourth-order valence-corrected chi connectivity index (χ4v) is 2.78. The predicted octanol–water partition coefficient (Wildman–Crippen LogP) is 3.20. The summed E-state index contributed by atoms with van der Waals surface area (Å²) in [6, 6.07) is 5.58. The van der Waals surface area contributed by atoms with Crippen molar-refractivity contribution in [2.24, 2.45) is 0 Å². The number of esters is 1. The summed E-state index contributed by atoms with van der Waals surface area (Å²) in [5.41, 5.74) is 0.978. The van der Waals surface area contributed by atoms with Crippen molar-refractivity contribution in [3.05, 3.63) is 29.0 Å². The third kappa shape index (κ3) is 1.82. The Balaban J connectivity index is 2.07. The topological polar surface area (TPSA) is 55.0 Å². The molecule has 100 valence electrons. The summed E-state index contributed by atoms with van der Waals surface area (Å²) in [5.74, 6) is 0.497. The van der Waals surface area contributed by atoms with E-state index in [4.69, 9.17) is 16.3 Å². The maximum atomic E-state index is 12.2. The van der Waals surface area contributed by atoms with E-state index in [0.29, 0.717) is 17.5 Å². The normalized spacial score (nSPS) is 17.2. The van der Waals surface area contributed by atoms with Gasteiger partial charge in [0.05, 0.1) is 17.1 Å². The van der Waals surface area contributed by atoms with Gasteiger partial charge >= 0.3 is 5.97 Å². The first-order valence-corrected chi connectivity index (χ1v) is 6.87. The Morgan fingerprint density at radius 3 is 2.89 bits per heavy atom. The molecule has 1 aromatic carbocycles. The van der Waals surface area contributed by atoms with Crippen molar-refractivity contribution in [1.82, 2.24) is 9.97 Å². The van der Waals surface area contributed by atoms with Crippen LogP contribution >= 0.6 is 11.6 Å². The zero-order chi connectivity index (χ0) is 13.5. The van der Waals surface area contributed by atoms with Gasteiger partial charge < -0.3 is 9.72 Å². The molecule has 0 spiro atoms. The van der Waals surface area contributed by atoms with Crippen molar-refractivity contribution in [3.63, 3.8) is 0 Å². The number of imidazole rings is 1. The van der Waals surface area contributed by atoms with E-state index >= 15 is 0 Å². The van der Waals surface area contributed by atoms with Gasteiger partial charge in [0.15, 0.2) is 0 Å². The minimum atomic E-state index is -0.599. The van der Waals surface area contributed by atoms with E-state index in [2.05, 4.69) is 9.97 Å². The van der Waals surface area contributed by atoms with Gasteiger partial charge in [0.1, 0.15) is 16.8 Å². The maximum absolute atomic E-state index is 12.2. The van der Waals surface area contributed by atoms with E-state index in [-0.39, 0.29) is 5.97 Å². The molecule has 1 aliphatic carbocycles. The SMILES string of the molecule is CCOC(=O)C1(c2nc3c(Cl)cccc3[nH]2)CCC1. The summed E-state index contributed by atoms with van der Waals surface area (Å²) >= 11 is 6.12. The number of halogens is 1. The zero-order valence-electron chi connectivity index (χ0n) is 10.7. The van der Waals surface area contributed by atoms with Crippen LogP contribution in [0.3, 0.4) is 0 Å². The van der Waals surface area contributed by atoms with Crippen LogP contribution in [0.25, 0.3) is 11.0 Å². The van der Waals surface area contributed by atoms with Gasteiger partial charge in [0.2, 0.25) is 0 Å². The first-order valence-electron chi connectivity index (χ1n) is 6.49. The lowest BCUT2D eigenvalue weighted by atomic mass is 9.68. The van der Waals surface area contributed by atoms with Crippen LogP contribution in [0.1, 0.15) is 32.0 Å². The molecule has 0 aliphatic heterocycles. The average molecular weight is 279 g/mol. The number of fused-ring (bicyclic) bond motifs is 1. The molecule has 0 bridgehead atoms. The highest BCUT2D eigenvalue weighted by Gasteiger charge is 2.49. The maximum Gasteiger partial charge on any atom is 0.319 e. The lowest BCUT2D eigenvalue weighted by Crippen LogP contribution is -2.44. The Labute approximate surface area is 116 Å². The van der Waals surface area contributed by atoms with Gasteiger partial charge in [-0.2, -0.15) is 0 Å². The molecule has 1 N–H and O–H groups in total. The van der Waals surface area contributed by atoms with Crippen molar-refractivity contribution in [1.29, 1.82) is 0 Å². The first-order chi connectivity index (χ1) is 9.17. The van der Waals surface area contributed by atoms with Gasteiger partial charge in [-0.3, -0.25) is 4.79 Å². The van der Waals surface area contributed by atoms with E-state index < -0.39 is 5.41 Å². The van der Waals surface area contributed by atoms with E-state index in [9.17, 15) is 4.79 Å². The molecule has 19 heavy (non-hydrogen) atoms. The summed E-state index contributed by atoms with van der Waals surface area (Å²) in [7, 11) is 0. The fourth-order valence-electron chi connectivity index (χ4n) is 2.56. The zero-order valence-corrected chi connectivity index (χ0v) is 11.5. The predicted molar refractivity (Wildman–Crippen MR) is 73.3 cm³/mol. The molecule has 1 saturated carbocycles. The van der Waals surface area contributed by atoms with Crippen molar-refractivity contribution in [3.8, 4) is 0 Å². The Kier molecular flexibility index (Phi) is 2.97. The third-order valence-corrected chi connectivity index (χ3v) is 4.10. The first kappa shape index (κ1) is 12.5. The van der Waals surface area contributed by atoms with Crippen LogP contribution in [0.15, 0.2) is 18.2 Å². The molecule has 1 aliphatic rings. The average Bonchev–Trinajstić information content (AvgIpc) is 2.73. The molecule has 1 aromatic heterocycles. The smallest absolute Gasteiger partial charge is 0.319 e. The van der Waals surface area contributed by atoms with E-state index in [0.717, 1.165) is 30.3 Å². The molecule has 2 aromatic rings. The van der Waals surface area contributed by atoms with Crippen LogP contribution in [0.4, 0.5) is 0 Å². The minimum Gasteiger partial charge on any atom is -0.465 e. The lowest BCUT2D eigenvalue weighted by molar-refractivity contribution is -0.154. The molecule has 0 radical (unpaired) electrons. The molecular weight excluding hydrogens is 264 g/mol. The summed E-state index contributed by atoms with van der Waals surface area (Å²) in [6.07, 6.45) is 2.58. The van der Waals surface area contributed by atoms with Crippen LogP contribution in [-0.2, 0) is 14.9 Å². The quantitative estimate of drug-likeness (QED) is 0.877. The van der Waals surface area contributed by atoms with Gasteiger partial charge in [-0.05, 0) is 31.9 Å². The van der Waals surface area contributed by atoms with Crippen molar-refractivity contribution >= 4 is 28.6 Å². The standard InChI is InChI=1S/C14H15ClN2O2/c1-2-19-13(18)14(7-4-8-14)12-16-10-6-3-5-9(15)11(10)17-12/h3,5-6H,2,4,7-8H2,1H3,(H,16,17). The number of nitrogens with one attached hydrogen (secondary N) is 1. The van der Waals surface area contributed by atoms with Gasteiger partial charge in [-0.15, -0.1) is 0 Å². The number of carbonyl (C=O) groups is 1. The molecule has 0 atom stereocenters. The second kappa shape index (κ2) is 4.53. The molecule has 0 amide bonds. The number of hydrogen-bond donors (Lipinski definition) is 1. The number of H-pyrrole nitrogens is 1. The molecule has 0 saturated heterocycles. The second-order valence-corrected chi connectivity index (χ2v) is 5.28. The molecule has 1 heterocycles. The number of aromatic amines is 1. The number of para-hydroxylation sites is 1. The Morgan fingerprint density at radius 1 is 1.53 bits per heavy atom. The van der Waals surface area contributed by atoms with Crippen molar-refractivity contribution < 1.29 is 9.53 Å². The third-order valence-electron chi connectivity index (χ3n) is 3.79. The lowest BCUT2D eigenvalue weighted by Gasteiger charge is -2.37. The number of ether oxygens (including phenoxy) is 1. The molecule has 5 heteroatoms. The van der Waals surface area contributed by atoms with Crippen LogP contribution in [-0.4, -0.2) is 22.5 Å². The Hall–Kier alpha value is -1.55. The van der Waals surface area contributed by atoms with E-state index in [1.54, 1.807) is 6.07 Å². The van der Waals surface area contributed by atoms with Crippen LogP contribution < -0.4 is 0 Å². The molecule has 1 fully saturated rings. The van der Waals surface area contributed by atoms with Crippen LogP contribution in [0.5, 0.6) is 0 Å². The molecular formula is C14H15ClN2O2. The number of nitrogens with zero attached hydrogens (tertiary/aromatic N) is 1. The molecule has 0 unspecified atom stereocenters. The van der Waals surface area contributed by atoms with Gasteiger partial charge in [0, 0.05) is 0 Å². The van der Waals surface area contributed by atoms with Gasteiger partial charge in [-0.1, -0.05) is 24.1 Å². The number of hydrogen-bond acceptors (Lipinski definition) is 3. The second-order valence-electron chi connectivity index (χ2n) is 4.88. The highest BCUT2D eigenvalue weighted by Crippen LogP contribution is 2.44. The van der Waals surface area contributed by atoms with Crippen molar-refractivity contribution in [2.45, 2.75) is 31.6 Å². The number of benzene rings is 1. The summed E-state index contributed by atoms with van der Waals surface area (Å²) in [5, 5.41) is 0.596. The van der Waals surface area contributed by atoms with E-state index in [1.807, 2.05) is 19.1 Å². The molecule has 4 nitrogen and oxygen atoms in total. The summed E-state index contributed by atoms with van der Waals surface area (Å²) in [6.45, 7) is 2.21. The molecule has 3 rings (SSSR count). The number of aromatic nitrogens is 2. The highest BCUT2D eigenvalue weighted by molar-refractivity contribution is 6.34. The number of rotatable bonds is 3. The van der Waals surface area contributed by atoms with Crippen LogP contribution in [0, 0.1) is 0 Å². The Bertz CT molecular complexity index is 631. The van der Waals surface area contributed by atoms with Crippen LogP contribution in [0.2, 0.25) is 5.02 Å². The largest absolute Gasteiger partial charge is 0.465 e. The number of carbonyl (C=O) groups excluding carboxylic acids is 1. The fraction of sp³-hybridized carbons (Fsp3) is 0.429. The minimum absolute atomic E-state index is 0.184. The Morgan fingerprint density at radius 2 is 2.32 bits per heavy atom.